The molecule has 1 saturated heterocycles. The van der Waals surface area contributed by atoms with Crippen LogP contribution in [0, 0.1) is 6.92 Å². The number of fused-ring (bicyclic) bond motifs is 1. The Morgan fingerprint density at radius 3 is 2.40 bits per heavy atom. The number of nitrogens with one attached hydrogen (secondary N) is 1. The van der Waals surface area contributed by atoms with Crippen molar-refractivity contribution < 1.29 is 23.9 Å². The first-order valence-electron chi connectivity index (χ1n) is 11.8. The van der Waals surface area contributed by atoms with Gasteiger partial charge in [-0.25, -0.2) is 24.1 Å². The van der Waals surface area contributed by atoms with Gasteiger partial charge in [0.15, 0.2) is 0 Å². The molecule has 0 bridgehead atoms. The Balaban J connectivity index is 1.66. The number of hydrogen-bond donors (Lipinski definition) is 1. The minimum Gasteiger partial charge on any atom is -0.444 e. The van der Waals surface area contributed by atoms with E-state index in [1.807, 2.05) is 25.8 Å². The number of ether oxygens (including phenoxy) is 2. The lowest BCUT2D eigenvalue weighted by Crippen LogP contribution is -2.62. The van der Waals surface area contributed by atoms with Crippen molar-refractivity contribution in [2.24, 2.45) is 0 Å². The summed E-state index contributed by atoms with van der Waals surface area (Å²) in [7, 11) is 1.63. The van der Waals surface area contributed by atoms with Crippen LogP contribution in [0.4, 0.5) is 9.59 Å². The summed E-state index contributed by atoms with van der Waals surface area (Å²) in [4.78, 5) is 45.1. The lowest BCUT2D eigenvalue weighted by Gasteiger charge is -2.42. The average molecular weight is 511 g/mol. The maximum absolute atomic E-state index is 13.7. The van der Waals surface area contributed by atoms with Crippen LogP contribution in [-0.2, 0) is 20.8 Å². The Bertz CT molecular complexity index is 935. The summed E-state index contributed by atoms with van der Waals surface area (Å²) >= 11 is 1.57. The molecule has 3 rings (SSSR count). The van der Waals surface area contributed by atoms with Gasteiger partial charge in [0.2, 0.25) is 5.91 Å². The third-order valence-corrected chi connectivity index (χ3v) is 7.36. The average Bonchev–Trinajstić information content (AvgIpc) is 3.30. The number of carbonyl (C=O) groups is 3. The zero-order chi connectivity index (χ0) is 26.0. The van der Waals surface area contributed by atoms with E-state index in [9.17, 15) is 14.4 Å². The SMILES string of the molecule is COCCSC(C)(C)[C@@H](NC(=O)OC(C)(C)C)C(=O)N1CCN(N2Cc3cnc(C)n3C2=O)CC1. The van der Waals surface area contributed by atoms with E-state index >= 15 is 0 Å². The van der Waals surface area contributed by atoms with Gasteiger partial charge in [0.1, 0.15) is 17.5 Å². The van der Waals surface area contributed by atoms with Crippen LogP contribution in [0.3, 0.4) is 0 Å². The Morgan fingerprint density at radius 2 is 1.83 bits per heavy atom. The summed E-state index contributed by atoms with van der Waals surface area (Å²) in [6.07, 6.45) is 1.10. The highest BCUT2D eigenvalue weighted by Crippen LogP contribution is 2.30. The van der Waals surface area contributed by atoms with Gasteiger partial charge in [0.25, 0.3) is 0 Å². The minimum absolute atomic E-state index is 0.116. The van der Waals surface area contributed by atoms with E-state index in [1.54, 1.807) is 60.3 Å². The van der Waals surface area contributed by atoms with Crippen LogP contribution in [0.5, 0.6) is 0 Å². The standard InChI is InChI=1S/C23H38N6O5S/c1-16-24-14-17-15-28(21(32)29(16)17)27-10-8-26(9-11-27)19(30)18(23(5,6)35-13-12-33-7)25-20(31)34-22(2,3)4/h14,18H,8-13,15H2,1-7H3,(H,25,31)/t18-/m0/s1. The number of imidazole rings is 1. The molecule has 0 saturated carbocycles. The van der Waals surface area contributed by atoms with Crippen molar-refractivity contribution in [3.8, 4) is 0 Å². The lowest BCUT2D eigenvalue weighted by molar-refractivity contribution is -0.138. The molecule has 1 aromatic heterocycles. The lowest BCUT2D eigenvalue weighted by atomic mass is 10.0. The smallest absolute Gasteiger partial charge is 0.408 e. The van der Waals surface area contributed by atoms with Crippen molar-refractivity contribution in [3.63, 3.8) is 0 Å². The quantitative estimate of drug-likeness (QED) is 0.530. The predicted molar refractivity (Wildman–Crippen MR) is 133 cm³/mol. The number of rotatable bonds is 8. The van der Waals surface area contributed by atoms with E-state index in [0.29, 0.717) is 50.9 Å². The zero-order valence-corrected chi connectivity index (χ0v) is 22.6. The molecule has 1 aromatic rings. The number of alkyl carbamates (subject to hydrolysis) is 1. The molecular formula is C23H38N6O5S. The molecule has 196 valence electrons. The normalized spacial score (nSPS) is 18.0. The summed E-state index contributed by atoms with van der Waals surface area (Å²) in [5.74, 6) is 1.19. The van der Waals surface area contributed by atoms with Crippen LogP contribution in [0.1, 0.15) is 46.1 Å². The fraction of sp³-hybridized carbons (Fsp3) is 0.739. The van der Waals surface area contributed by atoms with Crippen molar-refractivity contribution in [3.05, 3.63) is 17.7 Å². The molecule has 3 amide bonds. The highest BCUT2D eigenvalue weighted by molar-refractivity contribution is 8.00. The van der Waals surface area contributed by atoms with Crippen molar-refractivity contribution >= 4 is 29.8 Å². The number of hydrazine groups is 1. The molecule has 2 aliphatic rings. The molecule has 12 heteroatoms. The monoisotopic (exact) mass is 510 g/mol. The molecule has 0 aromatic carbocycles. The fourth-order valence-electron chi connectivity index (χ4n) is 4.19. The first-order valence-corrected chi connectivity index (χ1v) is 12.8. The Morgan fingerprint density at radius 1 is 1.17 bits per heavy atom. The van der Waals surface area contributed by atoms with Crippen molar-refractivity contribution in [1.29, 1.82) is 0 Å². The van der Waals surface area contributed by atoms with Crippen molar-refractivity contribution in [2.45, 2.75) is 64.5 Å². The summed E-state index contributed by atoms with van der Waals surface area (Å²) in [6.45, 7) is 14.0. The van der Waals surface area contributed by atoms with Gasteiger partial charge in [0.05, 0.1) is 25.0 Å². The molecule has 0 spiro atoms. The minimum atomic E-state index is -0.784. The molecule has 1 atom stereocenters. The van der Waals surface area contributed by atoms with Gasteiger partial charge in [-0.15, -0.1) is 0 Å². The third-order valence-electron chi connectivity index (χ3n) is 6.01. The fourth-order valence-corrected chi connectivity index (χ4v) is 5.29. The van der Waals surface area contributed by atoms with E-state index in [2.05, 4.69) is 10.3 Å². The number of nitrogens with zero attached hydrogens (tertiary/aromatic N) is 5. The number of carbonyl (C=O) groups excluding carboxylic acids is 3. The van der Waals surface area contributed by atoms with Gasteiger partial charge < -0.3 is 19.7 Å². The van der Waals surface area contributed by atoms with E-state index in [1.165, 1.54) is 0 Å². The maximum Gasteiger partial charge on any atom is 0.408 e. The summed E-state index contributed by atoms with van der Waals surface area (Å²) < 4.78 is 11.6. The van der Waals surface area contributed by atoms with E-state index in [-0.39, 0.29) is 11.9 Å². The number of aromatic nitrogens is 2. The molecule has 3 heterocycles. The van der Waals surface area contributed by atoms with Gasteiger partial charge in [-0.2, -0.15) is 11.8 Å². The largest absolute Gasteiger partial charge is 0.444 e. The molecule has 2 aliphatic heterocycles. The van der Waals surface area contributed by atoms with Gasteiger partial charge in [-0.3, -0.25) is 9.80 Å². The van der Waals surface area contributed by atoms with Crippen LogP contribution in [0.25, 0.3) is 0 Å². The third kappa shape index (κ3) is 6.47. The van der Waals surface area contributed by atoms with E-state index in [4.69, 9.17) is 9.47 Å². The Kier molecular flexibility index (Phi) is 8.38. The predicted octanol–water partition coefficient (Wildman–Crippen LogP) is 2.09. The number of piperazine rings is 1. The summed E-state index contributed by atoms with van der Waals surface area (Å²) in [6, 6.07) is -0.899. The van der Waals surface area contributed by atoms with Crippen LogP contribution in [0.2, 0.25) is 0 Å². The summed E-state index contributed by atoms with van der Waals surface area (Å²) in [5, 5.41) is 6.52. The molecule has 0 radical (unpaired) electrons. The molecule has 1 fully saturated rings. The van der Waals surface area contributed by atoms with Gasteiger partial charge in [0, 0.05) is 43.8 Å². The van der Waals surface area contributed by atoms with Crippen LogP contribution in [0.15, 0.2) is 6.20 Å². The topological polar surface area (TPSA) is 109 Å². The zero-order valence-electron chi connectivity index (χ0n) is 21.8. The summed E-state index contributed by atoms with van der Waals surface area (Å²) in [5.41, 5.74) is 0.189. The molecule has 0 unspecified atom stereocenters. The van der Waals surface area contributed by atoms with Gasteiger partial charge in [-0.1, -0.05) is 0 Å². The number of thioether (sulfide) groups is 1. The van der Waals surface area contributed by atoms with Crippen LogP contribution >= 0.6 is 11.8 Å². The van der Waals surface area contributed by atoms with Gasteiger partial charge >= 0.3 is 12.1 Å². The second kappa shape index (κ2) is 10.8. The second-order valence-corrected chi connectivity index (χ2v) is 12.0. The first-order chi connectivity index (χ1) is 16.3. The highest BCUT2D eigenvalue weighted by Gasteiger charge is 2.42. The number of hydrogen-bond acceptors (Lipinski definition) is 8. The molecule has 1 N–H and O–H groups in total. The second-order valence-electron chi connectivity index (χ2n) is 10.3. The van der Waals surface area contributed by atoms with Crippen molar-refractivity contribution in [2.75, 3.05) is 45.6 Å². The highest BCUT2D eigenvalue weighted by atomic mass is 32.2. The maximum atomic E-state index is 13.7. The molecule has 35 heavy (non-hydrogen) atoms. The number of methoxy groups -OCH3 is 1. The van der Waals surface area contributed by atoms with Crippen LogP contribution < -0.4 is 5.32 Å². The van der Waals surface area contributed by atoms with Crippen LogP contribution in [-0.4, -0.2) is 105 Å². The number of amides is 3. The van der Waals surface area contributed by atoms with Crippen molar-refractivity contribution in [1.82, 2.24) is 29.8 Å². The number of aryl methyl sites for hydroxylation is 1. The first kappa shape index (κ1) is 27.3. The van der Waals surface area contributed by atoms with E-state index in [0.717, 1.165) is 5.69 Å². The Labute approximate surface area is 211 Å². The molecule has 0 aliphatic carbocycles. The molecular weight excluding hydrogens is 472 g/mol. The molecule has 11 nitrogen and oxygen atoms in total. The Hall–Kier alpha value is -2.31. The van der Waals surface area contributed by atoms with Gasteiger partial charge in [-0.05, 0) is 41.5 Å². The van der Waals surface area contributed by atoms with E-state index < -0.39 is 22.5 Å².